The maximum Gasteiger partial charge on any atom is 0.606 e. The first kappa shape index (κ1) is 32.3. The van der Waals surface area contributed by atoms with Crippen LogP contribution in [0.15, 0.2) is 0 Å². The van der Waals surface area contributed by atoms with Crippen molar-refractivity contribution >= 4 is 57.5 Å². The van der Waals surface area contributed by atoms with E-state index in [0.29, 0.717) is 0 Å². The van der Waals surface area contributed by atoms with Gasteiger partial charge in [0.15, 0.2) is 41.6 Å². The van der Waals surface area contributed by atoms with Gasteiger partial charge >= 0.3 is 15.9 Å². The molecule has 0 heterocycles. The van der Waals surface area contributed by atoms with Gasteiger partial charge in [-0.2, -0.15) is 0 Å². The summed E-state index contributed by atoms with van der Waals surface area (Å²) in [6, 6.07) is 0. The minimum atomic E-state index is -1.85. The number of hydrogen-bond acceptors (Lipinski definition) is 5. The molecule has 0 saturated carbocycles. The zero-order valence-electron chi connectivity index (χ0n) is 22.6. The summed E-state index contributed by atoms with van der Waals surface area (Å²) in [4.78, 5) is 0. The van der Waals surface area contributed by atoms with Gasteiger partial charge in [0.05, 0.1) is 0 Å². The highest BCUT2D eigenvalue weighted by Crippen LogP contribution is 2.20. The van der Waals surface area contributed by atoms with E-state index in [1.807, 2.05) is 0 Å². The van der Waals surface area contributed by atoms with E-state index in [1.54, 1.807) is 0 Å². The van der Waals surface area contributed by atoms with E-state index in [9.17, 15) is 0 Å². The van der Waals surface area contributed by atoms with E-state index in [2.05, 4.69) is 111 Å². The Morgan fingerprint density at radius 1 is 0.345 bits per heavy atom. The third-order valence-electron chi connectivity index (χ3n) is 2.45. The minimum absolute atomic E-state index is 0.454. The molecule has 0 bridgehead atoms. The van der Waals surface area contributed by atoms with Crippen molar-refractivity contribution in [1.82, 2.24) is 0 Å². The van der Waals surface area contributed by atoms with Crippen molar-refractivity contribution in [2.75, 3.05) is 0 Å². The second-order valence-electron chi connectivity index (χ2n) is 12.8. The minimum Gasteiger partial charge on any atom is -0.437 e. The summed E-state index contributed by atoms with van der Waals surface area (Å²) in [7, 11) is -10.0. The van der Waals surface area contributed by atoms with Gasteiger partial charge in [-0.1, -0.05) is 0 Å². The van der Waals surface area contributed by atoms with Gasteiger partial charge in [-0.3, -0.25) is 0 Å². The average Bonchev–Trinajstić information content (AvgIpc) is 2.11. The summed E-state index contributed by atoms with van der Waals surface area (Å²) in [6.45, 7) is 37.0. The SMILES string of the molecule is C[Si](C)(C)OB(O[Si](C)(C)C)O[Si](C)(C)C.C[Si](C)(C)O[Si](C)(C)O[Si](C)(C)C. The quantitative estimate of drug-likeness (QED) is 0.296. The van der Waals surface area contributed by atoms with Gasteiger partial charge in [0, 0.05) is 0 Å². The summed E-state index contributed by atoms with van der Waals surface area (Å²) < 4.78 is 30.0. The molecule has 12 heteroatoms. The molecule has 5 nitrogen and oxygen atoms in total. The molecule has 0 atom stereocenters. The largest absolute Gasteiger partial charge is 0.606 e. The molecule has 0 aliphatic rings. The maximum atomic E-state index is 6.09. The molecule has 0 N–H and O–H groups in total. The number of rotatable bonds is 10. The van der Waals surface area contributed by atoms with Crippen LogP contribution in [0.1, 0.15) is 0 Å². The van der Waals surface area contributed by atoms with Crippen LogP contribution < -0.4 is 0 Å². The molecule has 0 aliphatic carbocycles. The zero-order valence-corrected chi connectivity index (χ0v) is 28.6. The first-order chi connectivity index (χ1) is 12.2. The van der Waals surface area contributed by atoms with Crippen LogP contribution in [0, 0.1) is 0 Å². The van der Waals surface area contributed by atoms with Crippen molar-refractivity contribution in [3.05, 3.63) is 0 Å². The zero-order chi connectivity index (χ0) is 24.1. The van der Waals surface area contributed by atoms with Gasteiger partial charge in [0.25, 0.3) is 0 Å². The molecular formula is C17H51BO5Si6. The molecule has 0 amide bonds. The number of hydrogen-bond donors (Lipinski definition) is 0. The van der Waals surface area contributed by atoms with Crippen LogP contribution in [0.5, 0.6) is 0 Å². The summed E-state index contributed by atoms with van der Waals surface area (Å²) in [5.74, 6) is 0. The van der Waals surface area contributed by atoms with Crippen LogP contribution >= 0.6 is 0 Å². The molecule has 176 valence electrons. The molecule has 0 saturated heterocycles. The van der Waals surface area contributed by atoms with Crippen molar-refractivity contribution in [2.45, 2.75) is 111 Å². The van der Waals surface area contributed by atoms with E-state index in [1.165, 1.54) is 0 Å². The molecule has 0 aromatic heterocycles. The molecular weight excluding hydrogens is 464 g/mol. The Morgan fingerprint density at radius 3 is 0.690 bits per heavy atom. The van der Waals surface area contributed by atoms with Gasteiger partial charge in [-0.25, -0.2) is 0 Å². The molecule has 0 radical (unpaired) electrons. The Morgan fingerprint density at radius 2 is 0.552 bits per heavy atom. The summed E-state index contributed by atoms with van der Waals surface area (Å²) >= 11 is 0. The lowest BCUT2D eigenvalue weighted by Crippen LogP contribution is -2.50. The lowest BCUT2D eigenvalue weighted by Gasteiger charge is -2.35. The van der Waals surface area contributed by atoms with Gasteiger partial charge in [-0.05, 0) is 111 Å². The molecule has 0 fully saturated rings. The average molecular weight is 515 g/mol. The molecule has 0 spiro atoms. The fourth-order valence-electron chi connectivity index (χ4n) is 2.43. The summed E-state index contributed by atoms with van der Waals surface area (Å²) in [5.41, 5.74) is 0. The highest BCUT2D eigenvalue weighted by atomic mass is 28.5. The van der Waals surface area contributed by atoms with Gasteiger partial charge in [0.1, 0.15) is 0 Å². The Balaban J connectivity index is 0. The van der Waals surface area contributed by atoms with Gasteiger partial charge < -0.3 is 21.3 Å². The van der Waals surface area contributed by atoms with E-state index < -0.39 is 57.5 Å². The van der Waals surface area contributed by atoms with E-state index in [0.717, 1.165) is 0 Å². The fraction of sp³-hybridized carbons (Fsp3) is 1.00. The lowest BCUT2D eigenvalue weighted by atomic mass is 10.3. The van der Waals surface area contributed by atoms with Crippen molar-refractivity contribution in [3.8, 4) is 0 Å². The van der Waals surface area contributed by atoms with Crippen LogP contribution in [0.25, 0.3) is 0 Å². The second kappa shape index (κ2) is 11.3. The van der Waals surface area contributed by atoms with Crippen molar-refractivity contribution < 1.29 is 21.3 Å². The first-order valence-electron chi connectivity index (χ1n) is 10.6. The molecule has 29 heavy (non-hydrogen) atoms. The summed E-state index contributed by atoms with van der Waals surface area (Å²) in [5, 5.41) is 0. The molecule has 0 rings (SSSR count). The molecule has 0 unspecified atom stereocenters. The lowest BCUT2D eigenvalue weighted by molar-refractivity contribution is 0.300. The van der Waals surface area contributed by atoms with Crippen molar-refractivity contribution in [3.63, 3.8) is 0 Å². The van der Waals surface area contributed by atoms with Crippen molar-refractivity contribution in [1.29, 1.82) is 0 Å². The predicted molar refractivity (Wildman–Crippen MR) is 145 cm³/mol. The Kier molecular flexibility index (Phi) is 12.7. The van der Waals surface area contributed by atoms with E-state index in [-0.39, 0.29) is 0 Å². The Bertz CT molecular complexity index is 417. The Labute approximate surface area is 189 Å². The first-order valence-corrected chi connectivity index (χ1v) is 30.5. The fourth-order valence-corrected chi connectivity index (χ4v) is 17.1. The summed E-state index contributed by atoms with van der Waals surface area (Å²) in [6.07, 6.45) is 0. The monoisotopic (exact) mass is 514 g/mol. The van der Waals surface area contributed by atoms with Crippen LogP contribution in [0.3, 0.4) is 0 Å². The highest BCUT2D eigenvalue weighted by molar-refractivity contribution is 6.87. The Hall–Kier alpha value is 1.17. The predicted octanol–water partition coefficient (Wildman–Crippen LogP) is 6.92. The van der Waals surface area contributed by atoms with E-state index in [4.69, 9.17) is 21.3 Å². The highest BCUT2D eigenvalue weighted by Gasteiger charge is 2.37. The molecule has 0 aromatic rings. The normalized spacial score (nSPS) is 14.4. The van der Waals surface area contributed by atoms with Crippen LogP contribution in [0.2, 0.25) is 111 Å². The third kappa shape index (κ3) is 27.1. The van der Waals surface area contributed by atoms with Crippen LogP contribution in [-0.4, -0.2) is 57.5 Å². The standard InChI is InChI=1S/C9H27BO3Si3.C8H24O2Si3/c1-14(2,3)11-10(12-15(4,5)6)13-16(7,8)9;1-11(2,3)9-13(7,8)10-12(4,5)6/h1-9H3;1-8H3. The third-order valence-corrected chi connectivity index (χ3v) is 14.0. The van der Waals surface area contributed by atoms with Crippen LogP contribution in [-0.2, 0) is 21.3 Å². The van der Waals surface area contributed by atoms with E-state index >= 15 is 0 Å². The van der Waals surface area contributed by atoms with Gasteiger partial charge in [0.2, 0.25) is 0 Å². The topological polar surface area (TPSA) is 46.2 Å². The van der Waals surface area contributed by atoms with Gasteiger partial charge in [-0.15, -0.1) is 0 Å². The smallest absolute Gasteiger partial charge is 0.437 e. The molecule has 0 aromatic carbocycles. The van der Waals surface area contributed by atoms with Crippen molar-refractivity contribution in [2.24, 2.45) is 0 Å². The second-order valence-corrected chi connectivity index (χ2v) is 39.1. The maximum absolute atomic E-state index is 6.09. The van der Waals surface area contributed by atoms with Crippen LogP contribution in [0.4, 0.5) is 0 Å². The molecule has 0 aliphatic heterocycles.